The number of carbonyl (C=O) groups excluding carboxylic acids is 5. The van der Waals surface area contributed by atoms with E-state index in [-0.39, 0.29) is 101 Å². The molecule has 0 rings (SSSR count). The second kappa shape index (κ2) is 41.8. The molecule has 3 amide bonds. The highest BCUT2D eigenvalue weighted by Gasteiger charge is 2.21. The number of carbonyl (C=O) groups is 6. The number of nitrogens with one attached hydrogen (secondary N) is 3. The first-order valence-electron chi connectivity index (χ1n) is 23.0. The topological polar surface area (TPSA) is 196 Å². The van der Waals surface area contributed by atoms with Gasteiger partial charge in [0, 0.05) is 44.9 Å². The third-order valence-electron chi connectivity index (χ3n) is 10.2. The lowest BCUT2D eigenvalue weighted by Crippen LogP contribution is -2.41. The fraction of sp³-hybridized carbons (Fsp3) is 0.867. The van der Waals surface area contributed by atoms with Crippen LogP contribution >= 0.6 is 0 Å². The van der Waals surface area contributed by atoms with E-state index in [1.165, 1.54) is 77.0 Å². The van der Waals surface area contributed by atoms with Crippen molar-refractivity contribution in [2.45, 2.75) is 181 Å². The molecule has 0 bridgehead atoms. The largest absolute Gasteiger partial charge is 0.480 e. The fourth-order valence-electron chi connectivity index (χ4n) is 6.56. The first-order valence-corrected chi connectivity index (χ1v) is 23.0. The SMILES string of the molecule is CCCCCCCCCCCCCCCCCC(=O)NC(CCC(=O)CCCOCCOCC(=O)NCCOCCOCC(=O)NCCCCC(CC)C(C)=O)C(=O)O. The van der Waals surface area contributed by atoms with Crippen molar-refractivity contribution >= 4 is 35.3 Å². The Labute approximate surface area is 356 Å². The van der Waals surface area contributed by atoms with E-state index in [1.54, 1.807) is 6.92 Å². The minimum atomic E-state index is -1.13. The second-order valence-corrected chi connectivity index (χ2v) is 15.6. The maximum Gasteiger partial charge on any atom is 0.326 e. The lowest BCUT2D eigenvalue weighted by Gasteiger charge is -2.14. The molecule has 2 unspecified atom stereocenters. The van der Waals surface area contributed by atoms with Gasteiger partial charge >= 0.3 is 5.97 Å². The van der Waals surface area contributed by atoms with Crippen molar-refractivity contribution in [3.63, 3.8) is 0 Å². The van der Waals surface area contributed by atoms with Gasteiger partial charge in [0.25, 0.3) is 0 Å². The first kappa shape index (κ1) is 56.1. The number of hydrogen-bond acceptors (Lipinski definition) is 10. The van der Waals surface area contributed by atoms with Crippen molar-refractivity contribution in [2.24, 2.45) is 5.92 Å². The molecule has 14 nitrogen and oxygen atoms in total. The number of carboxylic acids is 1. The molecule has 0 saturated carbocycles. The van der Waals surface area contributed by atoms with Crippen LogP contribution in [0.15, 0.2) is 0 Å². The molecule has 2 atom stereocenters. The van der Waals surface area contributed by atoms with E-state index in [9.17, 15) is 33.9 Å². The van der Waals surface area contributed by atoms with Gasteiger partial charge < -0.3 is 40.0 Å². The molecule has 0 aromatic carbocycles. The van der Waals surface area contributed by atoms with Gasteiger partial charge in [-0.15, -0.1) is 0 Å². The standard InChI is InChI=1S/C45H83N3O11/c1-4-6-7-8-9-10-11-12-13-14-15-16-17-18-19-25-42(51)48-41(45(54)55)27-26-40(50)24-22-30-56-32-34-58-37-44(53)47-29-31-57-33-35-59-36-43(52)46-28-21-20-23-39(5-2)38(3)49/h39,41H,4-37H2,1-3H3,(H,46,52)(H,47,53)(H,48,51)(H,54,55). The molecule has 4 N–H and O–H groups in total. The number of carboxylic acid groups (broad SMARTS) is 1. The number of aliphatic carboxylic acids is 1. The minimum Gasteiger partial charge on any atom is -0.480 e. The Balaban J connectivity index is 3.66. The van der Waals surface area contributed by atoms with Crippen LogP contribution in [0.1, 0.15) is 175 Å². The summed E-state index contributed by atoms with van der Waals surface area (Å²) in [6.07, 6.45) is 23.1. The van der Waals surface area contributed by atoms with Gasteiger partial charge in [-0.3, -0.25) is 24.0 Å². The van der Waals surface area contributed by atoms with Crippen LogP contribution < -0.4 is 16.0 Å². The van der Waals surface area contributed by atoms with Crippen LogP contribution in [-0.2, 0) is 47.7 Å². The van der Waals surface area contributed by atoms with Gasteiger partial charge in [0.1, 0.15) is 30.8 Å². The van der Waals surface area contributed by atoms with Gasteiger partial charge in [-0.05, 0) is 45.4 Å². The van der Waals surface area contributed by atoms with Crippen LogP contribution in [0.4, 0.5) is 0 Å². The van der Waals surface area contributed by atoms with Gasteiger partial charge in [0.05, 0.1) is 33.0 Å². The zero-order chi connectivity index (χ0) is 43.6. The lowest BCUT2D eigenvalue weighted by molar-refractivity contribution is -0.142. The first-order chi connectivity index (χ1) is 28.6. The molecule has 14 heteroatoms. The van der Waals surface area contributed by atoms with Crippen molar-refractivity contribution in [3.05, 3.63) is 0 Å². The Hall–Kier alpha value is -2.94. The molecule has 0 aliphatic rings. The van der Waals surface area contributed by atoms with E-state index in [0.717, 1.165) is 44.9 Å². The van der Waals surface area contributed by atoms with Crippen LogP contribution in [0.2, 0.25) is 0 Å². The molecule has 0 heterocycles. The molecule has 0 aromatic heterocycles. The molecule has 0 aromatic rings. The van der Waals surface area contributed by atoms with E-state index in [0.29, 0.717) is 32.5 Å². The fourth-order valence-corrected chi connectivity index (χ4v) is 6.56. The maximum atomic E-state index is 12.3. The molecular formula is C45H83N3O11. The number of amides is 3. The Morgan fingerprint density at radius 1 is 0.492 bits per heavy atom. The zero-order valence-corrected chi connectivity index (χ0v) is 37.2. The number of ketones is 2. The molecule has 344 valence electrons. The number of ether oxygens (including phenoxy) is 4. The summed E-state index contributed by atoms with van der Waals surface area (Å²) in [5.41, 5.74) is 0. The number of unbranched alkanes of at least 4 members (excludes halogenated alkanes) is 15. The van der Waals surface area contributed by atoms with Crippen LogP contribution in [0.5, 0.6) is 0 Å². The predicted molar refractivity (Wildman–Crippen MR) is 230 cm³/mol. The normalized spacial score (nSPS) is 12.2. The highest BCUT2D eigenvalue weighted by molar-refractivity contribution is 5.84. The minimum absolute atomic E-state index is 0.0546. The average molecular weight is 842 g/mol. The summed E-state index contributed by atoms with van der Waals surface area (Å²) in [5.74, 6) is -1.67. The summed E-state index contributed by atoms with van der Waals surface area (Å²) < 4.78 is 21.5. The van der Waals surface area contributed by atoms with Crippen LogP contribution in [-0.4, -0.2) is 112 Å². The summed E-state index contributed by atoms with van der Waals surface area (Å²) in [6, 6.07) is -1.08. The Morgan fingerprint density at radius 2 is 1.00 bits per heavy atom. The van der Waals surface area contributed by atoms with E-state index >= 15 is 0 Å². The lowest BCUT2D eigenvalue weighted by atomic mass is 9.95. The maximum absolute atomic E-state index is 12.3. The van der Waals surface area contributed by atoms with E-state index in [2.05, 4.69) is 22.9 Å². The second-order valence-electron chi connectivity index (χ2n) is 15.6. The van der Waals surface area contributed by atoms with Crippen molar-refractivity contribution in [1.82, 2.24) is 16.0 Å². The van der Waals surface area contributed by atoms with Gasteiger partial charge in [0.15, 0.2) is 0 Å². The molecule has 0 aliphatic carbocycles. The Morgan fingerprint density at radius 3 is 1.53 bits per heavy atom. The Kier molecular flexibility index (Phi) is 39.7. The third kappa shape index (κ3) is 39.0. The predicted octanol–water partition coefficient (Wildman–Crippen LogP) is 7.03. The van der Waals surface area contributed by atoms with Crippen molar-refractivity contribution in [3.8, 4) is 0 Å². The van der Waals surface area contributed by atoms with E-state index < -0.39 is 12.0 Å². The van der Waals surface area contributed by atoms with Gasteiger partial charge in [0.2, 0.25) is 17.7 Å². The summed E-state index contributed by atoms with van der Waals surface area (Å²) in [5, 5.41) is 17.6. The number of Topliss-reactive ketones (excluding diaryl/α,β-unsaturated/α-hetero) is 2. The molecular weight excluding hydrogens is 759 g/mol. The zero-order valence-electron chi connectivity index (χ0n) is 37.2. The van der Waals surface area contributed by atoms with Crippen LogP contribution in [0.25, 0.3) is 0 Å². The van der Waals surface area contributed by atoms with Crippen LogP contribution in [0.3, 0.4) is 0 Å². The summed E-state index contributed by atoms with van der Waals surface area (Å²) >= 11 is 0. The summed E-state index contributed by atoms with van der Waals surface area (Å²) in [7, 11) is 0. The van der Waals surface area contributed by atoms with E-state index in [4.69, 9.17) is 18.9 Å². The number of hydrogen-bond donors (Lipinski definition) is 4. The summed E-state index contributed by atoms with van der Waals surface area (Å²) in [6.45, 7) is 8.17. The monoisotopic (exact) mass is 842 g/mol. The third-order valence-corrected chi connectivity index (χ3v) is 10.2. The van der Waals surface area contributed by atoms with Crippen molar-refractivity contribution in [1.29, 1.82) is 0 Å². The summed E-state index contributed by atoms with van der Waals surface area (Å²) in [4.78, 5) is 71.5. The molecule has 0 fully saturated rings. The molecule has 0 radical (unpaired) electrons. The van der Waals surface area contributed by atoms with E-state index in [1.807, 2.05) is 6.92 Å². The number of rotatable bonds is 45. The molecule has 0 saturated heterocycles. The quantitative estimate of drug-likeness (QED) is 0.0460. The molecule has 0 aliphatic heterocycles. The highest BCUT2D eigenvalue weighted by atomic mass is 16.5. The van der Waals surface area contributed by atoms with Gasteiger partial charge in [-0.1, -0.05) is 110 Å². The van der Waals surface area contributed by atoms with Gasteiger partial charge in [-0.25, -0.2) is 4.79 Å². The smallest absolute Gasteiger partial charge is 0.326 e. The molecule has 0 spiro atoms. The molecule has 59 heavy (non-hydrogen) atoms. The Bertz CT molecular complexity index is 1090. The van der Waals surface area contributed by atoms with Crippen LogP contribution in [0, 0.1) is 5.92 Å². The highest BCUT2D eigenvalue weighted by Crippen LogP contribution is 2.15. The van der Waals surface area contributed by atoms with Gasteiger partial charge in [-0.2, -0.15) is 0 Å². The van der Waals surface area contributed by atoms with Crippen molar-refractivity contribution < 1.29 is 52.8 Å². The van der Waals surface area contributed by atoms with Crippen molar-refractivity contribution in [2.75, 3.05) is 65.9 Å². The average Bonchev–Trinajstić information content (AvgIpc) is 3.20.